The molecule has 5 nitrogen and oxygen atoms in total. The molecule has 1 aromatic heterocycles. The zero-order chi connectivity index (χ0) is 18.7. The monoisotopic (exact) mass is 363 g/mol. The van der Waals surface area contributed by atoms with Gasteiger partial charge in [-0.3, -0.25) is 10.1 Å². The summed E-state index contributed by atoms with van der Waals surface area (Å²) >= 11 is 0. The van der Waals surface area contributed by atoms with Gasteiger partial charge >= 0.3 is 6.36 Å². The molecule has 8 heteroatoms. The maximum Gasteiger partial charge on any atom is 0.573 e. The number of amides is 1. The third-order valence-electron chi connectivity index (χ3n) is 3.68. The number of hydrogen-bond donors (Lipinski definition) is 1. The summed E-state index contributed by atoms with van der Waals surface area (Å²) in [4.78, 5) is 16.8. The van der Waals surface area contributed by atoms with Gasteiger partial charge in [-0.05, 0) is 42.8 Å². The van der Waals surface area contributed by atoms with E-state index in [0.717, 1.165) is 29.6 Å². The van der Waals surface area contributed by atoms with E-state index in [1.165, 1.54) is 12.1 Å². The highest BCUT2D eigenvalue weighted by Gasteiger charge is 2.31. The summed E-state index contributed by atoms with van der Waals surface area (Å²) < 4.78 is 42.3. The van der Waals surface area contributed by atoms with Crippen LogP contribution in [-0.2, 0) is 6.54 Å². The Morgan fingerprint density at radius 1 is 1.15 bits per heavy atom. The van der Waals surface area contributed by atoms with Gasteiger partial charge in [0.25, 0.3) is 5.91 Å². The lowest BCUT2D eigenvalue weighted by Crippen LogP contribution is -2.18. The fraction of sp³-hybridized carbons (Fsp3) is 0.222. The van der Waals surface area contributed by atoms with Crippen molar-refractivity contribution in [2.45, 2.75) is 26.3 Å². The van der Waals surface area contributed by atoms with Crippen molar-refractivity contribution >= 4 is 22.9 Å². The number of benzene rings is 2. The Labute approximate surface area is 147 Å². The highest BCUT2D eigenvalue weighted by molar-refractivity contribution is 6.04. The molecule has 136 valence electrons. The minimum atomic E-state index is -4.77. The van der Waals surface area contributed by atoms with Crippen molar-refractivity contribution in [1.82, 2.24) is 9.55 Å². The van der Waals surface area contributed by atoms with Gasteiger partial charge in [-0.1, -0.05) is 19.1 Å². The average molecular weight is 363 g/mol. The number of hydrogen-bond acceptors (Lipinski definition) is 3. The number of aromatic nitrogens is 2. The third kappa shape index (κ3) is 3.96. The zero-order valence-electron chi connectivity index (χ0n) is 13.9. The van der Waals surface area contributed by atoms with Crippen molar-refractivity contribution in [3.63, 3.8) is 0 Å². The summed E-state index contributed by atoms with van der Waals surface area (Å²) in [7, 11) is 0. The van der Waals surface area contributed by atoms with Crippen LogP contribution in [0.1, 0.15) is 23.7 Å². The topological polar surface area (TPSA) is 56.2 Å². The van der Waals surface area contributed by atoms with E-state index in [4.69, 9.17) is 0 Å². The van der Waals surface area contributed by atoms with Crippen molar-refractivity contribution in [2.24, 2.45) is 0 Å². The summed E-state index contributed by atoms with van der Waals surface area (Å²) in [5, 5.41) is 2.72. The molecule has 3 rings (SSSR count). The van der Waals surface area contributed by atoms with E-state index < -0.39 is 12.3 Å². The van der Waals surface area contributed by atoms with Crippen molar-refractivity contribution in [3.05, 3.63) is 54.1 Å². The molecule has 0 bridgehead atoms. The Morgan fingerprint density at radius 3 is 2.50 bits per heavy atom. The quantitative estimate of drug-likeness (QED) is 0.721. The number of nitrogens with one attached hydrogen (secondary N) is 1. The number of halogens is 3. The number of aryl methyl sites for hydroxylation is 1. The molecule has 0 aliphatic rings. The van der Waals surface area contributed by atoms with E-state index in [-0.39, 0.29) is 11.3 Å². The number of fused-ring (bicyclic) bond motifs is 1. The number of para-hydroxylation sites is 2. The molecule has 1 N–H and O–H groups in total. The average Bonchev–Trinajstić information content (AvgIpc) is 2.92. The molecule has 1 amide bonds. The van der Waals surface area contributed by atoms with Crippen molar-refractivity contribution in [1.29, 1.82) is 0 Å². The first kappa shape index (κ1) is 17.8. The predicted octanol–water partition coefficient (Wildman–Crippen LogP) is 4.60. The molecule has 0 aliphatic heterocycles. The maximum atomic E-state index is 12.4. The van der Waals surface area contributed by atoms with Gasteiger partial charge in [0.2, 0.25) is 5.95 Å². The van der Waals surface area contributed by atoms with Crippen LogP contribution < -0.4 is 10.1 Å². The van der Waals surface area contributed by atoms with Crippen molar-refractivity contribution in [2.75, 3.05) is 5.32 Å². The SMILES string of the molecule is CCCn1c(NC(=O)c2ccc(OC(F)(F)F)cc2)nc2ccccc21. The van der Waals surface area contributed by atoms with E-state index in [1.807, 2.05) is 35.8 Å². The second-order valence-electron chi connectivity index (χ2n) is 5.60. The van der Waals surface area contributed by atoms with Crippen LogP contribution in [0.15, 0.2) is 48.5 Å². The molecule has 0 unspecified atom stereocenters. The molecular weight excluding hydrogens is 347 g/mol. The van der Waals surface area contributed by atoms with Crippen LogP contribution in [0.5, 0.6) is 5.75 Å². The van der Waals surface area contributed by atoms with E-state index in [9.17, 15) is 18.0 Å². The predicted molar refractivity (Wildman–Crippen MR) is 91.1 cm³/mol. The Balaban J connectivity index is 1.81. The molecule has 0 spiro atoms. The van der Waals surface area contributed by atoms with Gasteiger partial charge in [-0.2, -0.15) is 0 Å². The molecule has 2 aromatic carbocycles. The lowest BCUT2D eigenvalue weighted by molar-refractivity contribution is -0.274. The van der Waals surface area contributed by atoms with Crippen LogP contribution in [0.25, 0.3) is 11.0 Å². The second-order valence-corrected chi connectivity index (χ2v) is 5.60. The van der Waals surface area contributed by atoms with Gasteiger partial charge in [-0.15, -0.1) is 13.2 Å². The largest absolute Gasteiger partial charge is 0.573 e. The van der Waals surface area contributed by atoms with Crippen molar-refractivity contribution in [3.8, 4) is 5.75 Å². The molecule has 1 heterocycles. The maximum absolute atomic E-state index is 12.4. The van der Waals surface area contributed by atoms with Gasteiger partial charge in [0.1, 0.15) is 5.75 Å². The number of rotatable bonds is 5. The van der Waals surface area contributed by atoms with E-state index in [1.54, 1.807) is 0 Å². The van der Waals surface area contributed by atoms with Gasteiger partial charge in [0.15, 0.2) is 0 Å². The molecule has 26 heavy (non-hydrogen) atoms. The van der Waals surface area contributed by atoms with Gasteiger partial charge in [0.05, 0.1) is 11.0 Å². The summed E-state index contributed by atoms with van der Waals surface area (Å²) in [5.41, 5.74) is 1.86. The highest BCUT2D eigenvalue weighted by Crippen LogP contribution is 2.24. The Kier molecular flexibility index (Phi) is 4.83. The van der Waals surface area contributed by atoms with Crippen LogP contribution >= 0.6 is 0 Å². The molecule has 0 atom stereocenters. The number of nitrogens with zero attached hydrogens (tertiary/aromatic N) is 2. The lowest BCUT2D eigenvalue weighted by Gasteiger charge is -2.10. The Morgan fingerprint density at radius 2 is 1.85 bits per heavy atom. The fourth-order valence-electron chi connectivity index (χ4n) is 2.60. The van der Waals surface area contributed by atoms with Crippen molar-refractivity contribution < 1.29 is 22.7 Å². The van der Waals surface area contributed by atoms with Crippen LogP contribution in [-0.4, -0.2) is 21.8 Å². The minimum Gasteiger partial charge on any atom is -0.406 e. The molecule has 3 aromatic rings. The summed E-state index contributed by atoms with van der Waals surface area (Å²) in [5.74, 6) is -0.447. The summed E-state index contributed by atoms with van der Waals surface area (Å²) in [6.07, 6.45) is -3.92. The molecule has 0 saturated carbocycles. The molecule has 0 aliphatic carbocycles. The van der Waals surface area contributed by atoms with Crippen LogP contribution in [0.3, 0.4) is 0 Å². The first-order chi connectivity index (χ1) is 12.4. The second kappa shape index (κ2) is 7.07. The number of carbonyl (C=O) groups excluding carboxylic acids is 1. The zero-order valence-corrected chi connectivity index (χ0v) is 13.9. The molecular formula is C18H16F3N3O2. The third-order valence-corrected chi connectivity index (χ3v) is 3.68. The van der Waals surface area contributed by atoms with Gasteiger partial charge < -0.3 is 9.30 Å². The molecule has 0 saturated heterocycles. The standard InChI is InChI=1S/C18H16F3N3O2/c1-2-11-24-15-6-4-3-5-14(15)22-17(24)23-16(25)12-7-9-13(10-8-12)26-18(19,20)21/h3-10H,2,11H2,1H3,(H,22,23,25). The Bertz CT molecular complexity index is 918. The number of anilines is 1. The highest BCUT2D eigenvalue weighted by atomic mass is 19.4. The number of alkyl halides is 3. The number of imidazole rings is 1. The fourth-order valence-corrected chi connectivity index (χ4v) is 2.60. The lowest BCUT2D eigenvalue weighted by atomic mass is 10.2. The first-order valence-corrected chi connectivity index (χ1v) is 8.00. The molecule has 0 fully saturated rings. The number of ether oxygens (including phenoxy) is 1. The number of carbonyl (C=O) groups is 1. The van der Waals surface area contributed by atoms with Gasteiger partial charge in [0, 0.05) is 12.1 Å². The first-order valence-electron chi connectivity index (χ1n) is 8.00. The normalized spacial score (nSPS) is 11.5. The van der Waals surface area contributed by atoms with Crippen LogP contribution in [0, 0.1) is 0 Å². The summed E-state index contributed by atoms with van der Waals surface area (Å²) in [6, 6.07) is 12.2. The minimum absolute atomic E-state index is 0.203. The summed E-state index contributed by atoms with van der Waals surface area (Å²) in [6.45, 7) is 2.69. The molecule has 0 radical (unpaired) electrons. The smallest absolute Gasteiger partial charge is 0.406 e. The van der Waals surface area contributed by atoms with Crippen LogP contribution in [0.2, 0.25) is 0 Å². The Hall–Kier alpha value is -3.03. The van der Waals surface area contributed by atoms with Gasteiger partial charge in [-0.25, -0.2) is 4.98 Å². The van der Waals surface area contributed by atoms with E-state index >= 15 is 0 Å². The van der Waals surface area contributed by atoms with Crippen LogP contribution in [0.4, 0.5) is 19.1 Å². The van der Waals surface area contributed by atoms with E-state index in [0.29, 0.717) is 12.5 Å². The van der Waals surface area contributed by atoms with E-state index in [2.05, 4.69) is 15.0 Å².